The highest BCUT2D eigenvalue weighted by Gasteiger charge is 2.21. The zero-order valence-electron chi connectivity index (χ0n) is 17.8. The predicted molar refractivity (Wildman–Crippen MR) is 124 cm³/mol. The summed E-state index contributed by atoms with van der Waals surface area (Å²) in [5.41, 5.74) is 2.91. The minimum atomic E-state index is -3.84. The fraction of sp³-hybridized carbons (Fsp3) is 0.217. The van der Waals surface area contributed by atoms with E-state index in [1.807, 2.05) is 12.1 Å². The van der Waals surface area contributed by atoms with Crippen LogP contribution >= 0.6 is 11.6 Å². The second-order valence-corrected chi connectivity index (χ2v) is 10.0. The van der Waals surface area contributed by atoms with Crippen LogP contribution in [0.25, 0.3) is 0 Å². The molecule has 2 aromatic carbocycles. The van der Waals surface area contributed by atoms with Gasteiger partial charge in [-0.15, -0.1) is 0 Å². The number of oxime groups is 1. The van der Waals surface area contributed by atoms with Gasteiger partial charge in [0.25, 0.3) is 10.0 Å². The lowest BCUT2D eigenvalue weighted by Crippen LogP contribution is -2.17. The lowest BCUT2D eigenvalue weighted by atomic mass is 9.87. The Balaban J connectivity index is 2.03. The minimum Gasteiger partial charge on any atom is -0.399 e. The molecule has 6 nitrogen and oxygen atoms in total. The van der Waals surface area contributed by atoms with E-state index in [-0.39, 0.29) is 10.3 Å². The molecule has 1 N–H and O–H groups in total. The fourth-order valence-electron chi connectivity index (χ4n) is 3.00. The SMILES string of the molecule is CO/N=C(\c1ccncc1)c1cc(Cl)ccc1NS(=O)(=O)c1ccc(C(C)(C)C)cc1. The second kappa shape index (κ2) is 9.08. The number of sulfonamides is 1. The summed E-state index contributed by atoms with van der Waals surface area (Å²) in [6, 6.07) is 15.2. The first-order valence-electron chi connectivity index (χ1n) is 9.56. The molecule has 0 unspecified atom stereocenters. The van der Waals surface area contributed by atoms with Crippen molar-refractivity contribution in [2.24, 2.45) is 5.16 Å². The molecule has 3 aromatic rings. The van der Waals surface area contributed by atoms with Gasteiger partial charge in [-0.3, -0.25) is 9.71 Å². The lowest BCUT2D eigenvalue weighted by Gasteiger charge is -2.19. The van der Waals surface area contributed by atoms with Gasteiger partial charge in [-0.1, -0.05) is 49.7 Å². The Hall–Kier alpha value is -2.90. The number of anilines is 1. The van der Waals surface area contributed by atoms with E-state index >= 15 is 0 Å². The summed E-state index contributed by atoms with van der Waals surface area (Å²) in [7, 11) is -2.42. The van der Waals surface area contributed by atoms with Gasteiger partial charge in [-0.05, 0) is 53.4 Å². The molecular formula is C23H24ClN3O3S. The number of rotatable bonds is 6. The van der Waals surface area contributed by atoms with Crippen LogP contribution in [-0.4, -0.2) is 26.2 Å². The van der Waals surface area contributed by atoms with Gasteiger partial charge in [0.15, 0.2) is 0 Å². The van der Waals surface area contributed by atoms with Crippen LogP contribution in [0.15, 0.2) is 77.0 Å². The van der Waals surface area contributed by atoms with Crippen LogP contribution in [0.5, 0.6) is 0 Å². The first-order chi connectivity index (χ1) is 14.6. The molecule has 0 aliphatic rings. The Morgan fingerprint density at radius 1 is 1.03 bits per heavy atom. The Kier molecular flexibility index (Phi) is 6.67. The summed E-state index contributed by atoms with van der Waals surface area (Å²) in [6.45, 7) is 6.22. The molecule has 1 aromatic heterocycles. The Morgan fingerprint density at radius 2 is 1.68 bits per heavy atom. The third-order valence-corrected chi connectivity index (χ3v) is 6.26. The van der Waals surface area contributed by atoms with Crippen LogP contribution in [0.4, 0.5) is 5.69 Å². The molecule has 1 heterocycles. The molecule has 0 saturated heterocycles. The van der Waals surface area contributed by atoms with Crippen molar-refractivity contribution in [3.63, 3.8) is 0 Å². The van der Waals surface area contributed by atoms with Crippen LogP contribution in [0.3, 0.4) is 0 Å². The summed E-state index contributed by atoms with van der Waals surface area (Å²) in [6.07, 6.45) is 3.23. The number of hydrogen-bond donors (Lipinski definition) is 1. The summed E-state index contributed by atoms with van der Waals surface area (Å²) in [5.74, 6) is 0. The molecular weight excluding hydrogens is 434 g/mol. The first kappa shape index (κ1) is 22.8. The van der Waals surface area contributed by atoms with Gasteiger partial charge in [0.05, 0.1) is 10.6 Å². The topological polar surface area (TPSA) is 80.7 Å². The van der Waals surface area contributed by atoms with Crippen molar-refractivity contribution in [1.82, 2.24) is 4.98 Å². The largest absolute Gasteiger partial charge is 0.399 e. The van der Waals surface area contributed by atoms with Gasteiger partial charge >= 0.3 is 0 Å². The summed E-state index contributed by atoms with van der Waals surface area (Å²) >= 11 is 6.21. The predicted octanol–water partition coefficient (Wildman–Crippen LogP) is 5.23. The van der Waals surface area contributed by atoms with E-state index in [1.165, 1.54) is 7.11 Å². The smallest absolute Gasteiger partial charge is 0.261 e. The Bertz CT molecular complexity index is 1190. The van der Waals surface area contributed by atoms with Crippen LogP contribution < -0.4 is 4.72 Å². The van der Waals surface area contributed by atoms with E-state index in [0.29, 0.717) is 27.5 Å². The molecule has 0 radical (unpaired) electrons. The van der Waals surface area contributed by atoms with Crippen molar-refractivity contribution >= 4 is 33.0 Å². The highest BCUT2D eigenvalue weighted by molar-refractivity contribution is 7.92. The van der Waals surface area contributed by atoms with E-state index in [4.69, 9.17) is 16.4 Å². The van der Waals surface area contributed by atoms with Crippen LogP contribution in [0.1, 0.15) is 37.5 Å². The maximum Gasteiger partial charge on any atom is 0.261 e. The number of aromatic nitrogens is 1. The van der Waals surface area contributed by atoms with Crippen LogP contribution in [0.2, 0.25) is 5.02 Å². The molecule has 0 fully saturated rings. The molecule has 0 bridgehead atoms. The van der Waals surface area contributed by atoms with Gasteiger partial charge < -0.3 is 4.84 Å². The third-order valence-electron chi connectivity index (χ3n) is 4.65. The number of nitrogens with zero attached hydrogens (tertiary/aromatic N) is 2. The molecule has 162 valence electrons. The van der Waals surface area contributed by atoms with Gasteiger partial charge in [-0.2, -0.15) is 0 Å². The molecule has 0 aliphatic carbocycles. The average Bonchev–Trinajstić information content (AvgIpc) is 2.73. The van der Waals surface area contributed by atoms with E-state index in [1.54, 1.807) is 54.9 Å². The van der Waals surface area contributed by atoms with Crippen LogP contribution in [0, 0.1) is 0 Å². The highest BCUT2D eigenvalue weighted by Crippen LogP contribution is 2.28. The first-order valence-corrected chi connectivity index (χ1v) is 11.4. The fourth-order valence-corrected chi connectivity index (χ4v) is 4.25. The van der Waals surface area contributed by atoms with Gasteiger partial charge in [-0.25, -0.2) is 8.42 Å². The molecule has 0 saturated carbocycles. The number of nitrogens with one attached hydrogen (secondary N) is 1. The van der Waals surface area contributed by atoms with E-state index in [9.17, 15) is 8.42 Å². The Morgan fingerprint density at radius 3 is 2.26 bits per heavy atom. The van der Waals surface area contributed by atoms with Crippen molar-refractivity contribution in [2.45, 2.75) is 31.1 Å². The lowest BCUT2D eigenvalue weighted by molar-refractivity contribution is 0.214. The maximum atomic E-state index is 13.1. The van der Waals surface area contributed by atoms with Crippen LogP contribution in [-0.2, 0) is 20.3 Å². The average molecular weight is 458 g/mol. The van der Waals surface area contributed by atoms with Crippen molar-refractivity contribution in [1.29, 1.82) is 0 Å². The zero-order valence-corrected chi connectivity index (χ0v) is 19.3. The van der Waals surface area contributed by atoms with E-state index < -0.39 is 10.0 Å². The van der Waals surface area contributed by atoms with Gasteiger partial charge in [0.2, 0.25) is 0 Å². The van der Waals surface area contributed by atoms with Crippen molar-refractivity contribution < 1.29 is 13.3 Å². The number of hydrogen-bond acceptors (Lipinski definition) is 5. The monoisotopic (exact) mass is 457 g/mol. The number of halogens is 1. The number of benzene rings is 2. The molecule has 31 heavy (non-hydrogen) atoms. The summed E-state index contributed by atoms with van der Waals surface area (Å²) in [5, 5.41) is 4.54. The third kappa shape index (κ3) is 5.42. The highest BCUT2D eigenvalue weighted by atomic mass is 35.5. The molecule has 8 heteroatoms. The minimum absolute atomic E-state index is 0.0743. The Labute approximate surface area is 188 Å². The van der Waals surface area contributed by atoms with Crippen molar-refractivity contribution in [3.8, 4) is 0 Å². The molecule has 0 amide bonds. The summed E-state index contributed by atoms with van der Waals surface area (Å²) < 4.78 is 28.8. The van der Waals surface area contributed by atoms with Crippen molar-refractivity contribution in [3.05, 3.63) is 88.7 Å². The molecule has 0 atom stereocenters. The standard InChI is InChI=1S/C23H24ClN3O3S/c1-23(2,3)17-5-8-19(9-6-17)31(28,29)27-21-10-7-18(24)15-20(21)22(26-30-4)16-11-13-25-14-12-16/h5-15,27H,1-4H3/b26-22+. The second-order valence-electron chi connectivity index (χ2n) is 7.93. The number of pyridine rings is 1. The van der Waals surface area contributed by atoms with Crippen molar-refractivity contribution in [2.75, 3.05) is 11.8 Å². The molecule has 0 spiro atoms. The normalized spacial score (nSPS) is 12.5. The maximum absolute atomic E-state index is 13.1. The summed E-state index contributed by atoms with van der Waals surface area (Å²) in [4.78, 5) is 9.19. The van der Waals surface area contributed by atoms with Gasteiger partial charge in [0, 0.05) is 28.5 Å². The van der Waals surface area contributed by atoms with Gasteiger partial charge in [0.1, 0.15) is 12.8 Å². The van der Waals surface area contributed by atoms with E-state index in [0.717, 1.165) is 5.56 Å². The van der Waals surface area contributed by atoms with E-state index in [2.05, 4.69) is 35.6 Å². The quantitative estimate of drug-likeness (QED) is 0.406. The molecule has 0 aliphatic heterocycles. The molecule has 3 rings (SSSR count). The zero-order chi connectivity index (χ0) is 22.6.